The number of hydrogen-bond acceptors (Lipinski definition) is 1. The monoisotopic (exact) mass is 154 g/mol. The summed E-state index contributed by atoms with van der Waals surface area (Å²) in [7, 11) is 0. The Morgan fingerprint density at radius 3 is 2.36 bits per heavy atom. The van der Waals surface area contributed by atoms with Gasteiger partial charge in [-0.2, -0.15) is 0 Å². The molecule has 0 amide bonds. The van der Waals surface area contributed by atoms with Crippen molar-refractivity contribution in [3.63, 3.8) is 0 Å². The molecule has 0 aromatic carbocycles. The predicted octanol–water partition coefficient (Wildman–Crippen LogP) is 2.60. The first-order valence-electron chi connectivity index (χ1n) is 4.86. The van der Waals surface area contributed by atoms with E-state index in [1.807, 2.05) is 0 Å². The van der Waals surface area contributed by atoms with Gasteiger partial charge >= 0.3 is 0 Å². The molecule has 1 heterocycles. The van der Waals surface area contributed by atoms with E-state index in [0.717, 1.165) is 12.5 Å². The van der Waals surface area contributed by atoms with E-state index in [1.165, 1.54) is 25.7 Å². The van der Waals surface area contributed by atoms with Crippen molar-refractivity contribution in [2.75, 3.05) is 6.61 Å². The highest BCUT2D eigenvalue weighted by Crippen LogP contribution is 2.53. The van der Waals surface area contributed by atoms with Crippen molar-refractivity contribution in [3.05, 3.63) is 0 Å². The molecule has 0 aromatic rings. The molecule has 2 rings (SSSR count). The Labute approximate surface area is 69.1 Å². The lowest BCUT2D eigenvalue weighted by molar-refractivity contribution is -0.0257. The van der Waals surface area contributed by atoms with Crippen LogP contribution in [0, 0.1) is 11.3 Å². The number of rotatable bonds is 1. The van der Waals surface area contributed by atoms with Gasteiger partial charge in [0.15, 0.2) is 0 Å². The van der Waals surface area contributed by atoms with Crippen molar-refractivity contribution in [1.29, 1.82) is 0 Å². The summed E-state index contributed by atoms with van der Waals surface area (Å²) >= 11 is 0. The largest absolute Gasteiger partial charge is 0.377 e. The molecule has 1 unspecified atom stereocenters. The highest BCUT2D eigenvalue weighted by Gasteiger charge is 2.49. The summed E-state index contributed by atoms with van der Waals surface area (Å²) in [6.45, 7) is 5.59. The summed E-state index contributed by atoms with van der Waals surface area (Å²) in [6, 6.07) is 0. The zero-order chi connectivity index (χ0) is 7.90. The van der Waals surface area contributed by atoms with Crippen LogP contribution < -0.4 is 0 Å². The quantitative estimate of drug-likeness (QED) is 0.564. The van der Waals surface area contributed by atoms with Crippen LogP contribution in [0.1, 0.15) is 39.5 Å². The summed E-state index contributed by atoms with van der Waals surface area (Å²) < 4.78 is 5.77. The maximum Gasteiger partial charge on any atom is 0.0654 e. The molecule has 1 saturated carbocycles. The second-order valence-electron chi connectivity index (χ2n) is 4.50. The fourth-order valence-corrected chi connectivity index (χ4v) is 2.77. The maximum atomic E-state index is 5.77. The molecule has 1 aliphatic heterocycles. The molecule has 1 saturated heterocycles. The Hall–Kier alpha value is -0.0400. The second-order valence-corrected chi connectivity index (χ2v) is 4.50. The first-order chi connectivity index (χ1) is 5.25. The molecule has 1 aliphatic carbocycles. The van der Waals surface area contributed by atoms with Crippen LogP contribution >= 0.6 is 0 Å². The minimum Gasteiger partial charge on any atom is -0.377 e. The third kappa shape index (κ3) is 1.01. The minimum absolute atomic E-state index is 0.580. The Morgan fingerprint density at radius 2 is 2.00 bits per heavy atom. The Kier molecular flexibility index (Phi) is 1.71. The van der Waals surface area contributed by atoms with Crippen molar-refractivity contribution in [3.8, 4) is 0 Å². The van der Waals surface area contributed by atoms with Gasteiger partial charge in [0.25, 0.3) is 0 Å². The van der Waals surface area contributed by atoms with Crippen LogP contribution in [0.25, 0.3) is 0 Å². The van der Waals surface area contributed by atoms with E-state index >= 15 is 0 Å². The van der Waals surface area contributed by atoms with Gasteiger partial charge in [-0.1, -0.05) is 20.3 Å². The zero-order valence-corrected chi connectivity index (χ0v) is 7.60. The van der Waals surface area contributed by atoms with Gasteiger partial charge in [-0.05, 0) is 30.6 Å². The lowest BCUT2D eigenvalue weighted by Crippen LogP contribution is -2.40. The molecule has 1 heteroatoms. The highest BCUT2D eigenvalue weighted by atomic mass is 16.5. The van der Waals surface area contributed by atoms with E-state index in [1.54, 1.807) is 0 Å². The average molecular weight is 154 g/mol. The lowest BCUT2D eigenvalue weighted by atomic mass is 9.62. The summed E-state index contributed by atoms with van der Waals surface area (Å²) in [5.74, 6) is 0.720. The van der Waals surface area contributed by atoms with E-state index in [-0.39, 0.29) is 0 Å². The summed E-state index contributed by atoms with van der Waals surface area (Å²) in [4.78, 5) is 0. The average Bonchev–Trinajstić information content (AvgIpc) is 2.27. The third-order valence-electron chi connectivity index (χ3n) is 3.46. The van der Waals surface area contributed by atoms with E-state index in [4.69, 9.17) is 4.74 Å². The predicted molar refractivity (Wildman–Crippen MR) is 45.5 cm³/mol. The van der Waals surface area contributed by atoms with Crippen molar-refractivity contribution in [2.24, 2.45) is 11.3 Å². The first kappa shape index (κ1) is 7.60. The maximum absolute atomic E-state index is 5.77. The van der Waals surface area contributed by atoms with Crippen molar-refractivity contribution in [2.45, 2.75) is 45.6 Å². The summed E-state index contributed by atoms with van der Waals surface area (Å²) in [6.07, 6.45) is 6.20. The van der Waals surface area contributed by atoms with Crippen LogP contribution in [0.15, 0.2) is 0 Å². The van der Waals surface area contributed by atoms with Crippen LogP contribution in [-0.2, 0) is 4.74 Å². The lowest BCUT2D eigenvalue weighted by Gasteiger charge is -2.43. The first-order valence-corrected chi connectivity index (χ1v) is 4.86. The van der Waals surface area contributed by atoms with Crippen LogP contribution in [-0.4, -0.2) is 12.7 Å². The Bertz CT molecular complexity index is 147. The standard InChI is InChI=1S/C10H18O/c1-8(2)9-10(4-3-5-10)6-7-11-9/h8-9H,3-7H2,1-2H3. The highest BCUT2D eigenvalue weighted by molar-refractivity contribution is 4.98. The smallest absolute Gasteiger partial charge is 0.0654 e. The van der Waals surface area contributed by atoms with Gasteiger partial charge in [-0.25, -0.2) is 0 Å². The summed E-state index contributed by atoms with van der Waals surface area (Å²) in [5.41, 5.74) is 0.633. The molecule has 2 fully saturated rings. The van der Waals surface area contributed by atoms with Gasteiger partial charge in [-0.15, -0.1) is 0 Å². The molecule has 64 valence electrons. The van der Waals surface area contributed by atoms with Crippen LogP contribution in [0.4, 0.5) is 0 Å². The van der Waals surface area contributed by atoms with E-state index in [2.05, 4.69) is 13.8 Å². The van der Waals surface area contributed by atoms with Gasteiger partial charge in [0.1, 0.15) is 0 Å². The number of hydrogen-bond donors (Lipinski definition) is 0. The van der Waals surface area contributed by atoms with Gasteiger partial charge in [-0.3, -0.25) is 0 Å². The minimum atomic E-state index is 0.580. The molecule has 0 radical (unpaired) electrons. The molecular formula is C10H18O. The second kappa shape index (κ2) is 2.48. The van der Waals surface area contributed by atoms with Crippen molar-refractivity contribution < 1.29 is 4.74 Å². The molecule has 1 spiro atoms. The van der Waals surface area contributed by atoms with Gasteiger partial charge in [0.2, 0.25) is 0 Å². The summed E-state index contributed by atoms with van der Waals surface area (Å²) in [5, 5.41) is 0. The normalized spacial score (nSPS) is 34.6. The molecule has 2 aliphatic rings. The van der Waals surface area contributed by atoms with Crippen molar-refractivity contribution in [1.82, 2.24) is 0 Å². The van der Waals surface area contributed by atoms with E-state index in [0.29, 0.717) is 11.5 Å². The topological polar surface area (TPSA) is 9.23 Å². The molecule has 0 aromatic heterocycles. The molecular weight excluding hydrogens is 136 g/mol. The molecule has 0 bridgehead atoms. The van der Waals surface area contributed by atoms with Gasteiger partial charge < -0.3 is 4.74 Å². The number of ether oxygens (including phenoxy) is 1. The van der Waals surface area contributed by atoms with Crippen LogP contribution in [0.3, 0.4) is 0 Å². The Balaban J connectivity index is 2.07. The van der Waals surface area contributed by atoms with Crippen molar-refractivity contribution >= 4 is 0 Å². The SMILES string of the molecule is CC(C)C1OCCC12CCC2. The molecule has 1 nitrogen and oxygen atoms in total. The fourth-order valence-electron chi connectivity index (χ4n) is 2.77. The molecule has 11 heavy (non-hydrogen) atoms. The van der Waals surface area contributed by atoms with Crippen LogP contribution in [0.5, 0.6) is 0 Å². The third-order valence-corrected chi connectivity index (χ3v) is 3.46. The van der Waals surface area contributed by atoms with E-state index in [9.17, 15) is 0 Å². The van der Waals surface area contributed by atoms with E-state index < -0.39 is 0 Å². The van der Waals surface area contributed by atoms with Gasteiger partial charge in [0.05, 0.1) is 6.10 Å². The Morgan fingerprint density at radius 1 is 1.27 bits per heavy atom. The zero-order valence-electron chi connectivity index (χ0n) is 7.60. The van der Waals surface area contributed by atoms with Crippen LogP contribution in [0.2, 0.25) is 0 Å². The fraction of sp³-hybridized carbons (Fsp3) is 1.00. The molecule has 0 N–H and O–H groups in total. The molecule has 1 atom stereocenters. The van der Waals surface area contributed by atoms with Gasteiger partial charge in [0, 0.05) is 6.61 Å².